The van der Waals surface area contributed by atoms with Gasteiger partial charge in [0.05, 0.1) is 30.7 Å². The van der Waals surface area contributed by atoms with Gasteiger partial charge in [-0.05, 0) is 36.6 Å². The number of nitrogens with zero attached hydrogens (tertiary/aromatic N) is 2. The molecule has 0 radical (unpaired) electrons. The summed E-state index contributed by atoms with van der Waals surface area (Å²) in [5, 5.41) is 17.3. The third-order valence-corrected chi connectivity index (χ3v) is 7.47. The van der Waals surface area contributed by atoms with Crippen LogP contribution in [0, 0.1) is 17.6 Å². The van der Waals surface area contributed by atoms with Gasteiger partial charge in [-0.25, -0.2) is 8.78 Å². The van der Waals surface area contributed by atoms with Crippen LogP contribution in [0.25, 0.3) is 0 Å². The summed E-state index contributed by atoms with van der Waals surface area (Å²) in [6.07, 6.45) is -1.55. The number of likely N-dealkylation sites (tertiary alicyclic amines) is 1. The van der Waals surface area contributed by atoms with Gasteiger partial charge in [0.15, 0.2) is 0 Å². The van der Waals surface area contributed by atoms with E-state index in [1.54, 1.807) is 9.80 Å². The van der Waals surface area contributed by atoms with Crippen LogP contribution in [0.1, 0.15) is 24.5 Å². The van der Waals surface area contributed by atoms with E-state index in [0.717, 1.165) is 23.8 Å². The van der Waals surface area contributed by atoms with Crippen molar-refractivity contribution in [2.75, 3.05) is 33.4 Å². The second kappa shape index (κ2) is 13.3. The molecule has 2 saturated heterocycles. The molecule has 0 saturated carbocycles. The zero-order valence-electron chi connectivity index (χ0n) is 22.7. The summed E-state index contributed by atoms with van der Waals surface area (Å²) in [5.41, 5.74) is 1.15. The summed E-state index contributed by atoms with van der Waals surface area (Å²) >= 11 is 0. The molecule has 216 valence electrons. The van der Waals surface area contributed by atoms with Crippen LogP contribution < -0.4 is 10.6 Å². The van der Waals surface area contributed by atoms with Crippen molar-refractivity contribution in [3.05, 3.63) is 71.3 Å². The Morgan fingerprint density at radius 2 is 1.85 bits per heavy atom. The number of benzene rings is 2. The Balaban J connectivity index is 1.52. The molecule has 0 aliphatic carbocycles. The molecule has 2 aromatic carbocycles. The highest BCUT2D eigenvalue weighted by Gasteiger charge is 2.41. The molecule has 5 atom stereocenters. The first-order valence-corrected chi connectivity index (χ1v) is 13.4. The zero-order valence-corrected chi connectivity index (χ0v) is 22.7. The Morgan fingerprint density at radius 1 is 1.15 bits per heavy atom. The number of aliphatic hydroxyl groups excluding tert-OH is 1. The molecule has 9 nitrogen and oxygen atoms in total. The SMILES string of the molecule is COCC(C)N1CC(C(=O)N[C@@H](Cc2cc(F)cc(F)c2)[C@H](O)[C@@H]2NCCN(Cc3ccccc3)C2=O)CC1=O. The van der Waals surface area contributed by atoms with E-state index in [1.807, 2.05) is 37.3 Å². The molecule has 2 fully saturated rings. The molecule has 2 unspecified atom stereocenters. The summed E-state index contributed by atoms with van der Waals surface area (Å²) in [6, 6.07) is 10.1. The van der Waals surface area contributed by atoms with Gasteiger partial charge in [0.1, 0.15) is 17.7 Å². The molecule has 40 heavy (non-hydrogen) atoms. The smallest absolute Gasteiger partial charge is 0.242 e. The van der Waals surface area contributed by atoms with Gasteiger partial charge >= 0.3 is 0 Å². The topological polar surface area (TPSA) is 111 Å². The molecule has 11 heteroatoms. The van der Waals surface area contributed by atoms with Crippen molar-refractivity contribution in [2.45, 2.75) is 50.5 Å². The minimum absolute atomic E-state index is 0.0112. The molecule has 0 aromatic heterocycles. The van der Waals surface area contributed by atoms with Gasteiger partial charge in [0.25, 0.3) is 0 Å². The fourth-order valence-electron chi connectivity index (χ4n) is 5.41. The van der Waals surface area contributed by atoms with Crippen molar-refractivity contribution in [3.63, 3.8) is 0 Å². The highest BCUT2D eigenvalue weighted by atomic mass is 19.1. The van der Waals surface area contributed by atoms with Gasteiger partial charge in [-0.2, -0.15) is 0 Å². The van der Waals surface area contributed by atoms with Gasteiger partial charge in [0.2, 0.25) is 17.7 Å². The lowest BCUT2D eigenvalue weighted by Crippen LogP contribution is -2.64. The number of piperazine rings is 1. The van der Waals surface area contributed by atoms with Crippen LogP contribution in [0.4, 0.5) is 8.78 Å². The van der Waals surface area contributed by atoms with Crippen LogP contribution >= 0.6 is 0 Å². The predicted molar refractivity (Wildman–Crippen MR) is 143 cm³/mol. The summed E-state index contributed by atoms with van der Waals surface area (Å²) in [5.74, 6) is -3.28. The van der Waals surface area contributed by atoms with Gasteiger partial charge in [-0.15, -0.1) is 0 Å². The average Bonchev–Trinajstić information content (AvgIpc) is 3.31. The Kier molecular flexibility index (Phi) is 9.83. The number of hydrogen-bond donors (Lipinski definition) is 3. The Labute approximate surface area is 232 Å². The number of ether oxygens (including phenoxy) is 1. The van der Waals surface area contributed by atoms with Crippen LogP contribution in [0.15, 0.2) is 48.5 Å². The highest BCUT2D eigenvalue weighted by molar-refractivity contribution is 5.90. The fourth-order valence-corrected chi connectivity index (χ4v) is 5.41. The average molecular weight is 559 g/mol. The van der Waals surface area contributed by atoms with E-state index in [4.69, 9.17) is 4.74 Å². The molecule has 2 aromatic rings. The first-order chi connectivity index (χ1) is 19.2. The first kappa shape index (κ1) is 29.6. The van der Waals surface area contributed by atoms with Crippen LogP contribution in [0.3, 0.4) is 0 Å². The van der Waals surface area contributed by atoms with E-state index in [2.05, 4.69) is 10.6 Å². The summed E-state index contributed by atoms with van der Waals surface area (Å²) in [6.45, 7) is 3.53. The molecule has 2 aliphatic heterocycles. The van der Waals surface area contributed by atoms with E-state index in [0.29, 0.717) is 26.2 Å². The lowest BCUT2D eigenvalue weighted by atomic mass is 9.93. The van der Waals surface area contributed by atoms with Gasteiger partial charge in [-0.1, -0.05) is 30.3 Å². The largest absolute Gasteiger partial charge is 0.389 e. The van der Waals surface area contributed by atoms with Gasteiger partial charge in [0, 0.05) is 45.8 Å². The van der Waals surface area contributed by atoms with E-state index in [1.165, 1.54) is 7.11 Å². The van der Waals surface area contributed by atoms with Crippen molar-refractivity contribution >= 4 is 17.7 Å². The summed E-state index contributed by atoms with van der Waals surface area (Å²) in [7, 11) is 1.53. The molecule has 0 spiro atoms. The first-order valence-electron chi connectivity index (χ1n) is 13.4. The summed E-state index contributed by atoms with van der Waals surface area (Å²) in [4.78, 5) is 42.5. The fraction of sp³-hybridized carbons (Fsp3) is 0.483. The second-order valence-electron chi connectivity index (χ2n) is 10.5. The number of carbonyl (C=O) groups excluding carboxylic acids is 3. The lowest BCUT2D eigenvalue weighted by Gasteiger charge is -2.38. The molecule has 3 amide bonds. The Bertz CT molecular complexity index is 1180. The van der Waals surface area contributed by atoms with Crippen LogP contribution in [-0.2, 0) is 32.1 Å². The van der Waals surface area contributed by atoms with Crippen molar-refractivity contribution in [3.8, 4) is 0 Å². The molecule has 3 N–H and O–H groups in total. The number of methoxy groups -OCH3 is 1. The summed E-state index contributed by atoms with van der Waals surface area (Å²) < 4.78 is 33.1. The van der Waals surface area contributed by atoms with Crippen molar-refractivity contribution in [2.24, 2.45) is 5.92 Å². The number of carbonyl (C=O) groups is 3. The van der Waals surface area contributed by atoms with Crippen molar-refractivity contribution in [1.29, 1.82) is 0 Å². The number of aliphatic hydroxyl groups is 1. The number of amides is 3. The molecule has 2 aliphatic rings. The van der Waals surface area contributed by atoms with Crippen LogP contribution in [-0.4, -0.2) is 90.2 Å². The van der Waals surface area contributed by atoms with Crippen molar-refractivity contribution in [1.82, 2.24) is 20.4 Å². The quantitative estimate of drug-likeness (QED) is 0.383. The lowest BCUT2D eigenvalue weighted by molar-refractivity contribution is -0.141. The number of nitrogens with one attached hydrogen (secondary N) is 2. The standard InChI is InChI=1S/C29H36F2N4O5/c1-18(17-40-2)35-16-21(13-25(35)36)28(38)33-24(12-20-10-22(30)14-23(31)11-20)27(37)26-29(39)34(9-8-32-26)15-19-6-4-3-5-7-19/h3-7,10-11,14,18,21,24,26-27,32,37H,8-9,12-13,15-17H2,1-2H3,(H,33,38)/t18?,21?,24-,26-,27-/m0/s1. The molecular weight excluding hydrogens is 522 g/mol. The number of hydrogen-bond acceptors (Lipinski definition) is 6. The molecule has 0 bridgehead atoms. The molecule has 4 rings (SSSR count). The number of halogens is 2. The maximum Gasteiger partial charge on any atom is 0.242 e. The second-order valence-corrected chi connectivity index (χ2v) is 10.5. The van der Waals surface area contributed by atoms with Crippen LogP contribution in [0.5, 0.6) is 0 Å². The zero-order chi connectivity index (χ0) is 28.8. The van der Waals surface area contributed by atoms with Crippen molar-refractivity contribution < 1.29 is 33.0 Å². The Hall–Kier alpha value is -3.41. The highest BCUT2D eigenvalue weighted by Crippen LogP contribution is 2.22. The van der Waals surface area contributed by atoms with E-state index in [-0.39, 0.29) is 42.8 Å². The van der Waals surface area contributed by atoms with E-state index >= 15 is 0 Å². The third kappa shape index (κ3) is 7.21. The van der Waals surface area contributed by atoms with Crippen LogP contribution in [0.2, 0.25) is 0 Å². The maximum absolute atomic E-state index is 14.0. The minimum atomic E-state index is -1.41. The Morgan fingerprint density at radius 3 is 2.52 bits per heavy atom. The molecular formula is C29H36F2N4O5. The van der Waals surface area contributed by atoms with Gasteiger partial charge in [-0.3, -0.25) is 14.4 Å². The van der Waals surface area contributed by atoms with Gasteiger partial charge < -0.3 is 30.3 Å². The normalized spacial score (nSPS) is 21.8. The van der Waals surface area contributed by atoms with E-state index < -0.39 is 41.6 Å². The molecule has 2 heterocycles. The minimum Gasteiger partial charge on any atom is -0.389 e. The van der Waals surface area contributed by atoms with E-state index in [9.17, 15) is 28.3 Å². The number of rotatable bonds is 11. The monoisotopic (exact) mass is 558 g/mol. The maximum atomic E-state index is 14.0. The third-order valence-electron chi connectivity index (χ3n) is 7.47. The predicted octanol–water partition coefficient (Wildman–Crippen LogP) is 1.24.